The second-order valence-electron chi connectivity index (χ2n) is 11.3. The van der Waals surface area contributed by atoms with E-state index in [2.05, 4.69) is 20.1 Å². The molecule has 0 aliphatic carbocycles. The van der Waals surface area contributed by atoms with Gasteiger partial charge in [-0.25, -0.2) is 0 Å². The van der Waals surface area contributed by atoms with Crippen LogP contribution in [0, 0.1) is 23.7 Å². The first kappa shape index (κ1) is 28.4. The van der Waals surface area contributed by atoms with Crippen molar-refractivity contribution < 1.29 is 29.0 Å². The van der Waals surface area contributed by atoms with Gasteiger partial charge < -0.3 is 24.4 Å². The number of aliphatic hydroxyl groups excluding tert-OH is 1. The van der Waals surface area contributed by atoms with E-state index in [4.69, 9.17) is 9.47 Å². The molecule has 1 spiro atoms. The molecule has 2 amide bonds. The van der Waals surface area contributed by atoms with Gasteiger partial charge in [0, 0.05) is 13.1 Å². The van der Waals surface area contributed by atoms with Crippen molar-refractivity contribution >= 4 is 17.8 Å². The average Bonchev–Trinajstić information content (AvgIpc) is 3.34. The number of carbonyl (C=O) groups excluding carboxylic acids is 3. The maximum absolute atomic E-state index is 14.3. The Kier molecular flexibility index (Phi) is 8.71. The number of rotatable bonds is 13. The van der Waals surface area contributed by atoms with E-state index in [0.717, 1.165) is 12.8 Å². The molecule has 3 aliphatic rings. The van der Waals surface area contributed by atoms with Gasteiger partial charge >= 0.3 is 5.97 Å². The Morgan fingerprint density at radius 1 is 1.33 bits per heavy atom. The minimum atomic E-state index is -1.16. The zero-order valence-electron chi connectivity index (χ0n) is 22.6. The minimum absolute atomic E-state index is 0.0382. The summed E-state index contributed by atoms with van der Waals surface area (Å²) in [5.41, 5.74) is -2.08. The Morgan fingerprint density at radius 2 is 2.03 bits per heavy atom. The summed E-state index contributed by atoms with van der Waals surface area (Å²) in [5.74, 6) is -2.58. The van der Waals surface area contributed by atoms with Crippen LogP contribution in [0.3, 0.4) is 0 Å². The van der Waals surface area contributed by atoms with E-state index < -0.39 is 41.1 Å². The highest BCUT2D eigenvalue weighted by Crippen LogP contribution is 2.65. The van der Waals surface area contributed by atoms with Gasteiger partial charge in [0.25, 0.3) is 0 Å². The van der Waals surface area contributed by atoms with Crippen molar-refractivity contribution in [3.05, 3.63) is 25.3 Å². The molecule has 36 heavy (non-hydrogen) atoms. The maximum atomic E-state index is 14.3. The SMILES string of the molecule is C=CCOC(=O)[C@@H]1[C@H]2C(=O)N([C@@H](CO)CC(C)C)C(C(=O)N(CC=C)CCCC)C23CC(C)[C@@]1(C)O3. The number of fused-ring (bicyclic) bond motifs is 1. The molecule has 3 aliphatic heterocycles. The number of aliphatic hydroxyl groups is 1. The fourth-order valence-corrected chi connectivity index (χ4v) is 6.73. The van der Waals surface area contributed by atoms with E-state index in [1.54, 1.807) is 15.9 Å². The summed E-state index contributed by atoms with van der Waals surface area (Å²) in [4.78, 5) is 45.1. The van der Waals surface area contributed by atoms with Gasteiger partial charge in [-0.15, -0.1) is 6.58 Å². The molecule has 3 fully saturated rings. The molecule has 8 nitrogen and oxygen atoms in total. The molecule has 0 radical (unpaired) electrons. The number of amides is 2. The van der Waals surface area contributed by atoms with Crippen molar-refractivity contribution in [3.8, 4) is 0 Å². The van der Waals surface area contributed by atoms with Gasteiger partial charge in [0.05, 0.1) is 24.2 Å². The molecule has 3 rings (SSSR count). The standard InChI is InChI=1S/C28H44N2O6/c1-8-11-13-29(12-9-2)25(33)23-28-16-19(6)27(7,36-28)22(26(34)35-14-10-3)21(28)24(32)30(23)20(17-31)15-18(4)5/h9-10,18-23,31H,2-3,8,11-17H2,1,4-7H3/t19?,20-,21+,22+,23?,27-,28?/m1/s1. The zero-order valence-corrected chi connectivity index (χ0v) is 22.6. The van der Waals surface area contributed by atoms with E-state index in [9.17, 15) is 19.5 Å². The maximum Gasteiger partial charge on any atom is 0.313 e. The molecule has 3 heterocycles. The summed E-state index contributed by atoms with van der Waals surface area (Å²) in [7, 11) is 0. The highest BCUT2D eigenvalue weighted by molar-refractivity contribution is 5.98. The topological polar surface area (TPSA) is 96.4 Å². The van der Waals surface area contributed by atoms with Crippen molar-refractivity contribution in [1.29, 1.82) is 0 Å². The normalized spacial score (nSPS) is 33.5. The first-order valence-electron chi connectivity index (χ1n) is 13.3. The Balaban J connectivity index is 2.14. The van der Waals surface area contributed by atoms with Gasteiger partial charge in [-0.1, -0.05) is 52.8 Å². The first-order valence-corrected chi connectivity index (χ1v) is 13.3. The lowest BCUT2D eigenvalue weighted by Crippen LogP contribution is -2.59. The van der Waals surface area contributed by atoms with Crippen LogP contribution in [0.4, 0.5) is 0 Å². The summed E-state index contributed by atoms with van der Waals surface area (Å²) in [6.07, 6.45) is 5.92. The number of carbonyl (C=O) groups is 3. The highest BCUT2D eigenvalue weighted by Gasteiger charge is 2.80. The Labute approximate surface area is 215 Å². The van der Waals surface area contributed by atoms with Crippen molar-refractivity contribution in [1.82, 2.24) is 9.80 Å². The number of esters is 1. The monoisotopic (exact) mass is 504 g/mol. The predicted molar refractivity (Wildman–Crippen MR) is 137 cm³/mol. The Bertz CT molecular complexity index is 874. The molecule has 3 saturated heterocycles. The van der Waals surface area contributed by atoms with Crippen molar-refractivity contribution in [3.63, 3.8) is 0 Å². The van der Waals surface area contributed by atoms with Crippen LogP contribution < -0.4 is 0 Å². The Morgan fingerprint density at radius 3 is 2.58 bits per heavy atom. The van der Waals surface area contributed by atoms with Crippen LogP contribution in [-0.2, 0) is 23.9 Å². The minimum Gasteiger partial charge on any atom is -0.461 e. The molecule has 2 bridgehead atoms. The van der Waals surface area contributed by atoms with Crippen molar-refractivity contribution in [2.75, 3.05) is 26.3 Å². The summed E-state index contributed by atoms with van der Waals surface area (Å²) in [6, 6.07) is -1.48. The summed E-state index contributed by atoms with van der Waals surface area (Å²) >= 11 is 0. The molecule has 0 aromatic rings. The van der Waals surface area contributed by atoms with Gasteiger partial charge in [-0.2, -0.15) is 0 Å². The second-order valence-corrected chi connectivity index (χ2v) is 11.3. The van der Waals surface area contributed by atoms with E-state index >= 15 is 0 Å². The highest BCUT2D eigenvalue weighted by atomic mass is 16.6. The number of likely N-dealkylation sites (tertiary alicyclic amines) is 1. The molecule has 202 valence electrons. The molecule has 0 aromatic heterocycles. The van der Waals surface area contributed by atoms with Crippen LogP contribution >= 0.6 is 0 Å². The van der Waals surface area contributed by atoms with Crippen LogP contribution in [0.15, 0.2) is 25.3 Å². The molecular formula is C28H44N2O6. The predicted octanol–water partition coefficient (Wildman–Crippen LogP) is 2.95. The van der Waals surface area contributed by atoms with Gasteiger partial charge in [0.2, 0.25) is 11.8 Å². The molecule has 0 saturated carbocycles. The smallest absolute Gasteiger partial charge is 0.313 e. The number of ether oxygens (including phenoxy) is 2. The van der Waals surface area contributed by atoms with Gasteiger partial charge in [0.15, 0.2) is 0 Å². The lowest BCUT2D eigenvalue weighted by molar-refractivity contribution is -0.163. The van der Waals surface area contributed by atoms with Crippen molar-refractivity contribution in [2.45, 2.75) is 83.6 Å². The lowest BCUT2D eigenvalue weighted by atomic mass is 9.62. The molecule has 8 heteroatoms. The molecule has 0 aromatic carbocycles. The average molecular weight is 505 g/mol. The fraction of sp³-hybridized carbons (Fsp3) is 0.750. The van der Waals surface area contributed by atoms with Gasteiger partial charge in [-0.3, -0.25) is 14.4 Å². The van der Waals surface area contributed by atoms with Gasteiger partial charge in [-0.05, 0) is 38.0 Å². The third-order valence-electron chi connectivity index (χ3n) is 8.37. The van der Waals surface area contributed by atoms with E-state index in [-0.39, 0.29) is 36.9 Å². The number of unbranched alkanes of at least 4 members (excludes halogenated alkanes) is 1. The van der Waals surface area contributed by atoms with Gasteiger partial charge in [0.1, 0.15) is 24.2 Å². The molecule has 3 unspecified atom stereocenters. The number of hydrogen-bond acceptors (Lipinski definition) is 6. The van der Waals surface area contributed by atoms with Crippen molar-refractivity contribution in [2.24, 2.45) is 23.7 Å². The van der Waals surface area contributed by atoms with E-state index in [0.29, 0.717) is 25.9 Å². The summed E-state index contributed by atoms with van der Waals surface area (Å²) in [6.45, 7) is 18.1. The largest absolute Gasteiger partial charge is 0.461 e. The second kappa shape index (κ2) is 11.1. The number of nitrogens with zero attached hydrogens (tertiary/aromatic N) is 2. The summed E-state index contributed by atoms with van der Waals surface area (Å²) < 4.78 is 12.2. The first-order chi connectivity index (χ1) is 17.0. The van der Waals surface area contributed by atoms with Crippen LogP contribution in [-0.4, -0.2) is 82.3 Å². The third-order valence-corrected chi connectivity index (χ3v) is 8.37. The van der Waals surface area contributed by atoms with Crippen LogP contribution in [0.2, 0.25) is 0 Å². The quantitative estimate of drug-likeness (QED) is 0.306. The van der Waals surface area contributed by atoms with Crippen LogP contribution in [0.25, 0.3) is 0 Å². The molecule has 1 N–H and O–H groups in total. The molecular weight excluding hydrogens is 460 g/mol. The van der Waals surface area contributed by atoms with Crippen LogP contribution in [0.1, 0.15) is 60.3 Å². The third kappa shape index (κ3) is 4.51. The van der Waals surface area contributed by atoms with E-state index in [1.165, 1.54) is 6.08 Å². The lowest BCUT2D eigenvalue weighted by Gasteiger charge is -2.40. The summed E-state index contributed by atoms with van der Waals surface area (Å²) in [5, 5.41) is 10.4. The molecule has 7 atom stereocenters. The van der Waals surface area contributed by atoms with E-state index in [1.807, 2.05) is 27.7 Å². The fourth-order valence-electron chi connectivity index (χ4n) is 6.73. The van der Waals surface area contributed by atoms with Crippen LogP contribution in [0.5, 0.6) is 0 Å². The number of hydrogen-bond donors (Lipinski definition) is 1. The Hall–Kier alpha value is -2.19. The zero-order chi connectivity index (χ0) is 26.8.